The highest BCUT2D eigenvalue weighted by atomic mass is 19.1. The van der Waals surface area contributed by atoms with Crippen LogP contribution in [0, 0.1) is 0 Å². The molecule has 6 nitrogen and oxygen atoms in total. The van der Waals surface area contributed by atoms with Crippen LogP contribution in [0.25, 0.3) is 0 Å². The Morgan fingerprint density at radius 1 is 1.08 bits per heavy atom. The van der Waals surface area contributed by atoms with Crippen LogP contribution in [0.4, 0.5) is 21.6 Å². The van der Waals surface area contributed by atoms with Gasteiger partial charge in [0.2, 0.25) is 0 Å². The summed E-state index contributed by atoms with van der Waals surface area (Å²) in [5.41, 5.74) is 1.85. The van der Waals surface area contributed by atoms with E-state index in [1.165, 1.54) is 0 Å². The number of benzene rings is 2. The third kappa shape index (κ3) is 4.76. The van der Waals surface area contributed by atoms with Gasteiger partial charge in [0.25, 0.3) is 5.91 Å². The van der Waals surface area contributed by atoms with Crippen LogP contribution in [0.2, 0.25) is 0 Å². The van der Waals surface area contributed by atoms with Crippen molar-refractivity contribution in [2.45, 2.75) is 0 Å². The molecule has 3 rings (SSSR count). The summed E-state index contributed by atoms with van der Waals surface area (Å²) < 4.78 is 17.3. The summed E-state index contributed by atoms with van der Waals surface area (Å²) in [6.07, 6.45) is 4.77. The van der Waals surface area contributed by atoms with Crippen molar-refractivity contribution in [2.75, 3.05) is 23.9 Å². The smallest absolute Gasteiger partial charge is 0.255 e. The van der Waals surface area contributed by atoms with Gasteiger partial charge in [-0.1, -0.05) is 6.07 Å². The second-order valence-electron chi connectivity index (χ2n) is 5.31. The molecule has 0 saturated heterocycles. The zero-order valence-electron chi connectivity index (χ0n) is 13.9. The molecular formula is C19H17FN4O2. The van der Waals surface area contributed by atoms with Crippen LogP contribution in [-0.4, -0.2) is 29.2 Å². The molecule has 3 aromatic rings. The molecule has 0 aliphatic rings. The van der Waals surface area contributed by atoms with E-state index in [4.69, 9.17) is 4.74 Å². The molecule has 0 unspecified atom stereocenters. The maximum atomic E-state index is 12.4. The largest absolute Gasteiger partial charge is 0.491 e. The minimum absolute atomic E-state index is 0.0112. The molecule has 0 radical (unpaired) electrons. The van der Waals surface area contributed by atoms with Crippen molar-refractivity contribution in [2.24, 2.45) is 0 Å². The Morgan fingerprint density at radius 2 is 1.92 bits per heavy atom. The van der Waals surface area contributed by atoms with Crippen molar-refractivity contribution >= 4 is 23.1 Å². The van der Waals surface area contributed by atoms with Crippen molar-refractivity contribution in [1.29, 1.82) is 0 Å². The molecule has 0 aliphatic heterocycles. The molecule has 2 N–H and O–H groups in total. The lowest BCUT2D eigenvalue weighted by Crippen LogP contribution is -2.12. The molecule has 0 saturated carbocycles. The van der Waals surface area contributed by atoms with Crippen LogP contribution >= 0.6 is 0 Å². The van der Waals surface area contributed by atoms with Gasteiger partial charge in [0.05, 0.1) is 6.20 Å². The second-order valence-corrected chi connectivity index (χ2v) is 5.31. The predicted molar refractivity (Wildman–Crippen MR) is 97.6 cm³/mol. The first kappa shape index (κ1) is 17.3. The number of ether oxygens (including phenoxy) is 1. The maximum absolute atomic E-state index is 12.4. The number of hydrogen-bond donors (Lipinski definition) is 2. The van der Waals surface area contributed by atoms with Crippen LogP contribution in [0.3, 0.4) is 0 Å². The highest BCUT2D eigenvalue weighted by Gasteiger charge is 2.07. The van der Waals surface area contributed by atoms with Gasteiger partial charge < -0.3 is 15.4 Å². The first-order valence-electron chi connectivity index (χ1n) is 7.98. The summed E-state index contributed by atoms with van der Waals surface area (Å²) in [6.45, 7) is -0.533. The van der Waals surface area contributed by atoms with Gasteiger partial charge in [-0.15, -0.1) is 0 Å². The Hall–Kier alpha value is -3.48. The number of hydrogen-bond acceptors (Lipinski definition) is 5. The van der Waals surface area contributed by atoms with Crippen LogP contribution in [0.1, 0.15) is 10.4 Å². The number of halogens is 1. The predicted octanol–water partition coefficient (Wildman–Crippen LogP) is 3.82. The minimum atomic E-state index is -0.544. The van der Waals surface area contributed by atoms with Crippen molar-refractivity contribution in [1.82, 2.24) is 9.97 Å². The number of amides is 1. The summed E-state index contributed by atoms with van der Waals surface area (Å²) >= 11 is 0. The number of alkyl halides is 1. The van der Waals surface area contributed by atoms with Crippen molar-refractivity contribution in [3.8, 4) is 5.75 Å². The van der Waals surface area contributed by atoms with Crippen molar-refractivity contribution < 1.29 is 13.9 Å². The van der Waals surface area contributed by atoms with E-state index in [1.54, 1.807) is 61.1 Å². The van der Waals surface area contributed by atoms with E-state index in [2.05, 4.69) is 20.6 Å². The molecule has 26 heavy (non-hydrogen) atoms. The van der Waals surface area contributed by atoms with Gasteiger partial charge in [0.15, 0.2) is 0 Å². The Balaban J connectivity index is 1.65. The van der Waals surface area contributed by atoms with E-state index in [0.717, 1.165) is 5.69 Å². The lowest BCUT2D eigenvalue weighted by molar-refractivity contribution is 0.102. The third-order valence-electron chi connectivity index (χ3n) is 3.42. The zero-order chi connectivity index (χ0) is 18.2. The quantitative estimate of drug-likeness (QED) is 0.676. The number of rotatable bonds is 7. The van der Waals surface area contributed by atoms with Crippen LogP contribution in [-0.2, 0) is 0 Å². The van der Waals surface area contributed by atoms with Gasteiger partial charge in [0.1, 0.15) is 24.8 Å². The molecule has 1 heterocycles. The normalized spacial score (nSPS) is 10.2. The molecule has 2 aromatic carbocycles. The molecular weight excluding hydrogens is 335 g/mol. The van der Waals surface area contributed by atoms with Gasteiger partial charge in [-0.2, -0.15) is 0 Å². The van der Waals surface area contributed by atoms with Crippen LogP contribution in [0.5, 0.6) is 5.75 Å². The first-order chi connectivity index (χ1) is 12.7. The highest BCUT2D eigenvalue weighted by molar-refractivity contribution is 6.04. The molecule has 0 spiro atoms. The summed E-state index contributed by atoms with van der Waals surface area (Å²) in [5.74, 6) is 0.898. The molecule has 1 aromatic heterocycles. The van der Waals surface area contributed by atoms with E-state index < -0.39 is 6.67 Å². The summed E-state index contributed by atoms with van der Waals surface area (Å²) in [5, 5.41) is 5.90. The molecule has 132 valence electrons. The van der Waals surface area contributed by atoms with E-state index in [1.807, 2.05) is 6.07 Å². The monoisotopic (exact) mass is 352 g/mol. The Morgan fingerprint density at radius 3 is 2.65 bits per heavy atom. The molecule has 0 bridgehead atoms. The van der Waals surface area contributed by atoms with E-state index in [9.17, 15) is 9.18 Å². The van der Waals surface area contributed by atoms with Gasteiger partial charge >= 0.3 is 0 Å². The average molecular weight is 352 g/mol. The number of carbonyl (C=O) groups is 1. The first-order valence-corrected chi connectivity index (χ1v) is 7.98. The number of carbonyl (C=O) groups excluding carboxylic acids is 1. The number of nitrogens with zero attached hydrogens (tertiary/aromatic N) is 2. The van der Waals surface area contributed by atoms with Gasteiger partial charge in [-0.3, -0.25) is 9.78 Å². The van der Waals surface area contributed by atoms with Gasteiger partial charge in [0, 0.05) is 29.3 Å². The summed E-state index contributed by atoms with van der Waals surface area (Å²) in [6, 6.07) is 13.8. The second kappa shape index (κ2) is 8.57. The minimum Gasteiger partial charge on any atom is -0.491 e. The number of aromatic nitrogens is 2. The molecule has 7 heteroatoms. The summed E-state index contributed by atoms with van der Waals surface area (Å²) in [4.78, 5) is 20.5. The average Bonchev–Trinajstić information content (AvgIpc) is 2.68. The standard InChI is InChI=1S/C19H17FN4O2/c20-8-11-26-17-6-4-15(5-7-17)24-19(25)14-2-1-3-16(12-14)23-18-13-21-9-10-22-18/h1-7,9-10,12-13H,8,11H2,(H,22,23)(H,24,25). The Bertz CT molecular complexity index is 857. The SMILES string of the molecule is O=C(Nc1ccc(OCCF)cc1)c1cccc(Nc2cnccn2)c1. The molecule has 1 amide bonds. The van der Waals surface area contributed by atoms with Crippen LogP contribution < -0.4 is 15.4 Å². The molecule has 0 aliphatic carbocycles. The lowest BCUT2D eigenvalue weighted by atomic mass is 10.2. The Kier molecular flexibility index (Phi) is 5.72. The number of anilines is 3. The Labute approximate surface area is 150 Å². The fourth-order valence-electron chi connectivity index (χ4n) is 2.24. The molecule has 0 fully saturated rings. The molecule has 0 atom stereocenters. The van der Waals surface area contributed by atoms with Crippen molar-refractivity contribution in [3.05, 3.63) is 72.7 Å². The lowest BCUT2D eigenvalue weighted by Gasteiger charge is -2.09. The highest BCUT2D eigenvalue weighted by Crippen LogP contribution is 2.19. The van der Waals surface area contributed by atoms with E-state index in [0.29, 0.717) is 22.8 Å². The van der Waals surface area contributed by atoms with Crippen molar-refractivity contribution in [3.63, 3.8) is 0 Å². The maximum Gasteiger partial charge on any atom is 0.255 e. The van der Waals surface area contributed by atoms with Crippen LogP contribution in [0.15, 0.2) is 67.1 Å². The van der Waals surface area contributed by atoms with E-state index >= 15 is 0 Å². The van der Waals surface area contributed by atoms with E-state index in [-0.39, 0.29) is 12.5 Å². The van der Waals surface area contributed by atoms with Gasteiger partial charge in [-0.25, -0.2) is 9.37 Å². The third-order valence-corrected chi connectivity index (χ3v) is 3.42. The number of nitrogens with one attached hydrogen (secondary N) is 2. The zero-order valence-corrected chi connectivity index (χ0v) is 13.9. The fourth-order valence-corrected chi connectivity index (χ4v) is 2.24. The fraction of sp³-hybridized carbons (Fsp3) is 0.105. The van der Waals surface area contributed by atoms with Gasteiger partial charge in [-0.05, 0) is 42.5 Å². The summed E-state index contributed by atoms with van der Waals surface area (Å²) in [7, 11) is 0. The topological polar surface area (TPSA) is 76.1 Å².